The first-order valence-electron chi connectivity index (χ1n) is 10.0. The fourth-order valence-electron chi connectivity index (χ4n) is 4.07. The Morgan fingerprint density at radius 2 is 1.90 bits per heavy atom. The minimum atomic E-state index is -1.20. The van der Waals surface area contributed by atoms with Gasteiger partial charge in [0, 0.05) is 24.5 Å². The number of oxazole rings is 1. The molecule has 0 amide bonds. The molecule has 1 aromatic heterocycles. The number of nitrogen functional groups attached to an aromatic ring is 1. The summed E-state index contributed by atoms with van der Waals surface area (Å²) in [5, 5.41) is 11.7. The largest absolute Gasteiger partial charge is 0.479 e. The second kappa shape index (κ2) is 8.03. The Balaban J connectivity index is 1.95. The minimum Gasteiger partial charge on any atom is -0.479 e. The molecule has 7 nitrogen and oxygen atoms in total. The minimum absolute atomic E-state index is 0.252. The molecule has 30 heavy (non-hydrogen) atoms. The van der Waals surface area contributed by atoms with Gasteiger partial charge in [0.1, 0.15) is 11.9 Å². The molecule has 1 aliphatic heterocycles. The maximum absolute atomic E-state index is 11.7. The van der Waals surface area contributed by atoms with Gasteiger partial charge in [-0.25, -0.2) is 0 Å². The number of aromatic nitrogens is 1. The van der Waals surface area contributed by atoms with Gasteiger partial charge in [-0.2, -0.15) is 0 Å². The zero-order valence-electron chi connectivity index (χ0n) is 17.2. The van der Waals surface area contributed by atoms with Crippen LogP contribution in [0.15, 0.2) is 46.9 Å². The van der Waals surface area contributed by atoms with Crippen molar-refractivity contribution in [1.29, 1.82) is 0 Å². The maximum atomic E-state index is 11.7. The molecule has 0 aliphatic carbocycles. The first kappa shape index (κ1) is 20.9. The molecule has 0 radical (unpaired) electrons. The van der Waals surface area contributed by atoms with E-state index in [-0.39, 0.29) is 4.84 Å². The molecule has 2 aromatic carbocycles. The Labute approximate surface area is 180 Å². The Morgan fingerprint density at radius 3 is 2.60 bits per heavy atom. The molecule has 0 unspecified atom stereocenters. The number of hydrogen-bond acceptors (Lipinski definition) is 7. The lowest BCUT2D eigenvalue weighted by Crippen LogP contribution is -2.61. The molecule has 0 saturated carbocycles. The lowest BCUT2D eigenvalue weighted by Gasteiger charge is -2.47. The normalized spacial score (nSPS) is 23.5. The van der Waals surface area contributed by atoms with Crippen LogP contribution in [-0.4, -0.2) is 40.9 Å². The quantitative estimate of drug-likeness (QED) is 0.346. The fourth-order valence-corrected chi connectivity index (χ4v) is 4.37. The Kier molecular flexibility index (Phi) is 5.59. The van der Waals surface area contributed by atoms with E-state index in [4.69, 9.17) is 36.6 Å². The lowest BCUT2D eigenvalue weighted by atomic mass is 9.84. The average Bonchev–Trinajstić information content (AvgIpc) is 3.05. The van der Waals surface area contributed by atoms with E-state index in [9.17, 15) is 5.11 Å². The SMILES string of the molecule is CCOC(OCC)[C@@]1(C)Oc2ccc(N)cc2[C@H](n2c(=S)oc3ccccc32)[C@H]1O. The second-order valence-corrected chi connectivity index (χ2v) is 7.77. The van der Waals surface area contributed by atoms with E-state index >= 15 is 0 Å². The molecule has 160 valence electrons. The summed E-state index contributed by atoms with van der Waals surface area (Å²) in [6.07, 6.45) is -1.86. The van der Waals surface area contributed by atoms with E-state index in [0.29, 0.717) is 30.2 Å². The van der Waals surface area contributed by atoms with Crippen molar-refractivity contribution in [3.8, 4) is 5.75 Å². The highest BCUT2D eigenvalue weighted by Gasteiger charge is 2.53. The molecule has 1 aliphatic rings. The van der Waals surface area contributed by atoms with Crippen LogP contribution in [-0.2, 0) is 9.47 Å². The number of hydrogen-bond donors (Lipinski definition) is 2. The van der Waals surface area contributed by atoms with E-state index < -0.39 is 24.0 Å². The van der Waals surface area contributed by atoms with Crippen LogP contribution >= 0.6 is 12.2 Å². The number of benzene rings is 2. The van der Waals surface area contributed by atoms with Crippen molar-refractivity contribution in [2.24, 2.45) is 0 Å². The molecule has 3 atom stereocenters. The lowest BCUT2D eigenvalue weighted by molar-refractivity contribution is -0.254. The summed E-state index contributed by atoms with van der Waals surface area (Å²) in [6, 6.07) is 12.3. The van der Waals surface area contributed by atoms with Crippen molar-refractivity contribution in [1.82, 2.24) is 4.57 Å². The smallest absolute Gasteiger partial charge is 0.270 e. The summed E-state index contributed by atoms with van der Waals surface area (Å²) in [5.41, 5.74) is 7.56. The summed E-state index contributed by atoms with van der Waals surface area (Å²) in [4.78, 5) is 0.252. The highest BCUT2D eigenvalue weighted by Crippen LogP contribution is 2.46. The summed E-state index contributed by atoms with van der Waals surface area (Å²) in [5.74, 6) is 0.582. The molecule has 2 heterocycles. The summed E-state index contributed by atoms with van der Waals surface area (Å²) >= 11 is 5.54. The number of anilines is 1. The fraction of sp³-hybridized carbons (Fsp3) is 0.409. The van der Waals surface area contributed by atoms with Gasteiger partial charge in [0.25, 0.3) is 4.84 Å². The number of nitrogens with two attached hydrogens (primary N) is 1. The molecule has 0 spiro atoms. The monoisotopic (exact) mass is 430 g/mol. The average molecular weight is 431 g/mol. The number of aliphatic hydroxyl groups excluding tert-OH is 1. The van der Waals surface area contributed by atoms with Crippen LogP contribution in [0.2, 0.25) is 0 Å². The number of fused-ring (bicyclic) bond motifs is 2. The third kappa shape index (κ3) is 3.30. The van der Waals surface area contributed by atoms with Crippen molar-refractivity contribution in [2.45, 2.75) is 44.8 Å². The molecule has 8 heteroatoms. The molecule has 3 N–H and O–H groups in total. The zero-order valence-corrected chi connectivity index (χ0v) is 18.0. The topological polar surface area (TPSA) is 92.0 Å². The van der Waals surface area contributed by atoms with Crippen LogP contribution in [0.5, 0.6) is 5.75 Å². The van der Waals surface area contributed by atoms with Gasteiger partial charge < -0.3 is 29.5 Å². The molecular weight excluding hydrogens is 404 g/mol. The standard InChI is InChI=1S/C22H26N2O5S/c1-4-26-20(27-5-2)22(3)19(25)18(14-12-13(23)10-11-16(14)29-22)24-15-8-6-7-9-17(15)28-21(24)30/h6-12,18-20,25H,4-5,23H2,1-3H3/t18-,19+,22-/m0/s1. The number of rotatable bonds is 6. The molecular formula is C22H26N2O5S. The third-order valence-electron chi connectivity index (χ3n) is 5.47. The Morgan fingerprint density at radius 1 is 1.20 bits per heavy atom. The first-order chi connectivity index (χ1) is 14.4. The summed E-state index contributed by atoms with van der Waals surface area (Å²) in [7, 11) is 0. The molecule has 0 fully saturated rings. The van der Waals surface area contributed by atoms with Crippen molar-refractivity contribution in [3.63, 3.8) is 0 Å². The highest BCUT2D eigenvalue weighted by molar-refractivity contribution is 7.71. The molecule has 3 aromatic rings. The zero-order chi connectivity index (χ0) is 21.5. The summed E-state index contributed by atoms with van der Waals surface area (Å²) in [6.45, 7) is 6.34. The van der Waals surface area contributed by atoms with Gasteiger partial charge in [0.2, 0.25) is 0 Å². The van der Waals surface area contributed by atoms with Crippen molar-refractivity contribution in [3.05, 3.63) is 52.9 Å². The van der Waals surface area contributed by atoms with Crippen LogP contribution in [0.3, 0.4) is 0 Å². The molecule has 0 saturated heterocycles. The van der Waals surface area contributed by atoms with Gasteiger partial charge in [-0.3, -0.25) is 4.57 Å². The maximum Gasteiger partial charge on any atom is 0.270 e. The predicted octanol–water partition coefficient (Wildman–Crippen LogP) is 4.05. The van der Waals surface area contributed by atoms with E-state index in [0.717, 1.165) is 11.1 Å². The van der Waals surface area contributed by atoms with E-state index in [2.05, 4.69) is 0 Å². The van der Waals surface area contributed by atoms with Crippen molar-refractivity contribution < 1.29 is 23.7 Å². The van der Waals surface area contributed by atoms with Gasteiger partial charge in [-0.05, 0) is 63.3 Å². The van der Waals surface area contributed by atoms with Crippen LogP contribution in [0.25, 0.3) is 11.1 Å². The number of para-hydroxylation sites is 2. The van der Waals surface area contributed by atoms with Crippen LogP contribution in [0.1, 0.15) is 32.4 Å². The van der Waals surface area contributed by atoms with Gasteiger partial charge in [-0.15, -0.1) is 0 Å². The molecule has 0 bridgehead atoms. The van der Waals surface area contributed by atoms with E-state index in [1.807, 2.05) is 42.7 Å². The number of aliphatic hydroxyl groups is 1. The third-order valence-corrected chi connectivity index (χ3v) is 5.75. The Bertz CT molecular complexity index is 1100. The molecule has 4 rings (SSSR count). The van der Waals surface area contributed by atoms with Crippen LogP contribution in [0, 0.1) is 4.84 Å². The second-order valence-electron chi connectivity index (χ2n) is 7.42. The van der Waals surface area contributed by atoms with Gasteiger partial charge >= 0.3 is 0 Å². The van der Waals surface area contributed by atoms with Gasteiger partial charge in [-0.1, -0.05) is 12.1 Å². The highest BCUT2D eigenvalue weighted by atomic mass is 32.1. The number of nitrogens with zero attached hydrogens (tertiary/aromatic N) is 1. The van der Waals surface area contributed by atoms with Crippen molar-refractivity contribution in [2.75, 3.05) is 18.9 Å². The van der Waals surface area contributed by atoms with Gasteiger partial charge in [0.15, 0.2) is 17.5 Å². The Hall–Kier alpha value is -2.39. The van der Waals surface area contributed by atoms with Crippen LogP contribution in [0.4, 0.5) is 5.69 Å². The van der Waals surface area contributed by atoms with E-state index in [1.54, 1.807) is 25.1 Å². The van der Waals surface area contributed by atoms with Crippen LogP contribution < -0.4 is 10.5 Å². The summed E-state index contributed by atoms with van der Waals surface area (Å²) < 4.78 is 25.6. The first-order valence-corrected chi connectivity index (χ1v) is 10.4. The van der Waals surface area contributed by atoms with Gasteiger partial charge in [0.05, 0.1) is 11.6 Å². The predicted molar refractivity (Wildman–Crippen MR) is 116 cm³/mol. The van der Waals surface area contributed by atoms with E-state index in [1.165, 1.54) is 0 Å². The van der Waals surface area contributed by atoms with Crippen molar-refractivity contribution >= 4 is 29.0 Å². The number of ether oxygens (including phenoxy) is 3.